The van der Waals surface area contributed by atoms with E-state index in [1.165, 1.54) is 6.42 Å². The smallest absolute Gasteiger partial charge is 0.261 e. The Morgan fingerprint density at radius 3 is 2.85 bits per heavy atom. The maximum atomic E-state index is 13.2. The maximum Gasteiger partial charge on any atom is 0.261 e. The molecule has 1 aliphatic heterocycles. The van der Waals surface area contributed by atoms with Crippen LogP contribution < -0.4 is 10.9 Å². The van der Waals surface area contributed by atoms with E-state index in [1.807, 2.05) is 29.7 Å². The minimum atomic E-state index is 0.0693. The van der Waals surface area contributed by atoms with Crippen LogP contribution in [0, 0.1) is 5.92 Å². The summed E-state index contributed by atoms with van der Waals surface area (Å²) in [6, 6.07) is 5.99. The largest absolute Gasteiger partial charge is 0.315 e. The van der Waals surface area contributed by atoms with Gasteiger partial charge in [0, 0.05) is 30.7 Å². The number of aromatic nitrogens is 2. The third kappa shape index (κ3) is 4.44. The van der Waals surface area contributed by atoms with Crippen LogP contribution in [-0.2, 0) is 6.54 Å². The van der Waals surface area contributed by atoms with Crippen LogP contribution in [0.2, 0.25) is 0 Å². The molecule has 1 saturated heterocycles. The van der Waals surface area contributed by atoms with Crippen LogP contribution >= 0.6 is 15.9 Å². The average Bonchev–Trinajstić information content (AvgIpc) is 2.92. The van der Waals surface area contributed by atoms with Gasteiger partial charge in [-0.1, -0.05) is 42.6 Å². The summed E-state index contributed by atoms with van der Waals surface area (Å²) in [7, 11) is 0. The second kappa shape index (κ2) is 9.30. The summed E-state index contributed by atoms with van der Waals surface area (Å²) in [5.74, 6) is 1.57. The van der Waals surface area contributed by atoms with Crippen molar-refractivity contribution in [3.8, 4) is 0 Å². The van der Waals surface area contributed by atoms with Crippen LogP contribution in [0.25, 0.3) is 10.9 Å². The molecular formula is C21H31BrN4O. The van der Waals surface area contributed by atoms with Crippen molar-refractivity contribution in [2.45, 2.75) is 52.6 Å². The van der Waals surface area contributed by atoms with Crippen LogP contribution in [0.5, 0.6) is 0 Å². The number of nitrogens with one attached hydrogen (secondary N) is 1. The first-order valence-electron chi connectivity index (χ1n) is 10.2. The number of nitrogens with zero attached hydrogens (tertiary/aromatic N) is 3. The summed E-state index contributed by atoms with van der Waals surface area (Å²) in [5, 5.41) is 4.26. The fourth-order valence-corrected chi connectivity index (χ4v) is 4.45. The van der Waals surface area contributed by atoms with Crippen molar-refractivity contribution in [2.24, 2.45) is 5.92 Å². The summed E-state index contributed by atoms with van der Waals surface area (Å²) >= 11 is 3.48. The molecule has 3 rings (SSSR count). The van der Waals surface area contributed by atoms with Crippen molar-refractivity contribution in [3.63, 3.8) is 0 Å². The molecule has 1 fully saturated rings. The summed E-state index contributed by atoms with van der Waals surface area (Å²) in [5.41, 5.74) is 0.865. The molecule has 0 saturated carbocycles. The Morgan fingerprint density at radius 1 is 1.33 bits per heavy atom. The lowest BCUT2D eigenvalue weighted by Gasteiger charge is -2.33. The van der Waals surface area contributed by atoms with Crippen LogP contribution in [0.4, 0.5) is 0 Å². The third-order valence-corrected chi connectivity index (χ3v) is 6.13. The topological polar surface area (TPSA) is 50.2 Å². The second-order valence-electron chi connectivity index (χ2n) is 7.46. The number of fused-ring (bicyclic) bond motifs is 1. The average molecular weight is 435 g/mol. The van der Waals surface area contributed by atoms with Gasteiger partial charge in [0.2, 0.25) is 0 Å². The van der Waals surface area contributed by atoms with Crippen molar-refractivity contribution in [1.82, 2.24) is 19.8 Å². The Bertz CT molecular complexity index is 835. The minimum Gasteiger partial charge on any atom is -0.315 e. The van der Waals surface area contributed by atoms with Gasteiger partial charge in [0.25, 0.3) is 5.56 Å². The van der Waals surface area contributed by atoms with Gasteiger partial charge in [-0.2, -0.15) is 0 Å². The monoisotopic (exact) mass is 434 g/mol. The molecule has 0 spiro atoms. The molecule has 1 aromatic carbocycles. The van der Waals surface area contributed by atoms with Crippen LogP contribution in [0.3, 0.4) is 0 Å². The molecule has 2 aromatic rings. The standard InChI is InChI=1S/C21H31BrN4O/c1-4-7-19(25-11-10-23-13-15(5-2)14-25)20-24-18-9-8-16(22)12-17(18)21(27)26(20)6-3/h8-9,12,15,19,23H,4-7,10-11,13-14H2,1-3H3/t15-,19+/m1/s1. The van der Waals surface area contributed by atoms with E-state index in [1.54, 1.807) is 0 Å². The van der Waals surface area contributed by atoms with E-state index in [2.05, 4.69) is 40.0 Å². The van der Waals surface area contributed by atoms with Gasteiger partial charge in [-0.25, -0.2) is 4.98 Å². The number of rotatable bonds is 6. The highest BCUT2D eigenvalue weighted by molar-refractivity contribution is 9.10. The Morgan fingerprint density at radius 2 is 2.15 bits per heavy atom. The maximum absolute atomic E-state index is 13.2. The molecule has 0 unspecified atom stereocenters. The van der Waals surface area contributed by atoms with Crippen LogP contribution in [0.15, 0.2) is 27.5 Å². The summed E-state index contributed by atoms with van der Waals surface area (Å²) < 4.78 is 2.80. The third-order valence-electron chi connectivity index (χ3n) is 5.64. The zero-order valence-electron chi connectivity index (χ0n) is 16.7. The van der Waals surface area contributed by atoms with E-state index in [9.17, 15) is 4.79 Å². The zero-order valence-corrected chi connectivity index (χ0v) is 18.3. The summed E-state index contributed by atoms with van der Waals surface area (Å²) in [6.07, 6.45) is 3.26. The van der Waals surface area contributed by atoms with Crippen molar-refractivity contribution >= 4 is 26.8 Å². The molecule has 5 nitrogen and oxygen atoms in total. The van der Waals surface area contributed by atoms with Crippen LogP contribution in [0.1, 0.15) is 51.9 Å². The molecule has 0 amide bonds. The van der Waals surface area contributed by atoms with Gasteiger partial charge < -0.3 is 5.32 Å². The molecule has 1 aliphatic rings. The molecule has 0 bridgehead atoms. The first kappa shape index (κ1) is 20.5. The fraction of sp³-hybridized carbons (Fsp3) is 0.619. The molecule has 1 N–H and O–H groups in total. The molecule has 2 heterocycles. The number of halogens is 1. The first-order valence-corrected chi connectivity index (χ1v) is 11.0. The van der Waals surface area contributed by atoms with Crippen molar-refractivity contribution < 1.29 is 0 Å². The van der Waals surface area contributed by atoms with Gasteiger partial charge in [0.1, 0.15) is 5.82 Å². The lowest BCUT2D eigenvalue weighted by molar-refractivity contribution is 0.163. The minimum absolute atomic E-state index is 0.0693. The molecule has 6 heteroatoms. The fourth-order valence-electron chi connectivity index (χ4n) is 4.09. The molecule has 2 atom stereocenters. The molecule has 148 valence electrons. The van der Waals surface area contributed by atoms with Gasteiger partial charge in [0.15, 0.2) is 0 Å². The van der Waals surface area contributed by atoms with E-state index in [4.69, 9.17) is 4.98 Å². The van der Waals surface area contributed by atoms with Crippen molar-refractivity contribution in [2.75, 3.05) is 26.2 Å². The molecular weight excluding hydrogens is 404 g/mol. The Labute approximate surface area is 170 Å². The van der Waals surface area contributed by atoms with E-state index < -0.39 is 0 Å². The van der Waals surface area contributed by atoms with Gasteiger partial charge in [-0.15, -0.1) is 0 Å². The van der Waals surface area contributed by atoms with Gasteiger partial charge >= 0.3 is 0 Å². The predicted molar refractivity (Wildman–Crippen MR) is 115 cm³/mol. The van der Waals surface area contributed by atoms with Gasteiger partial charge in [-0.3, -0.25) is 14.3 Å². The van der Waals surface area contributed by atoms with Crippen LogP contribution in [-0.4, -0.2) is 40.6 Å². The van der Waals surface area contributed by atoms with E-state index in [0.29, 0.717) is 17.8 Å². The summed E-state index contributed by atoms with van der Waals surface area (Å²) in [6.45, 7) is 11.3. The number of hydrogen-bond acceptors (Lipinski definition) is 4. The lowest BCUT2D eigenvalue weighted by atomic mass is 10.0. The Balaban J connectivity index is 2.10. The summed E-state index contributed by atoms with van der Waals surface area (Å²) in [4.78, 5) is 20.7. The molecule has 1 aromatic heterocycles. The highest BCUT2D eigenvalue weighted by Crippen LogP contribution is 2.27. The van der Waals surface area contributed by atoms with E-state index in [-0.39, 0.29) is 11.6 Å². The Hall–Kier alpha value is -1.24. The van der Waals surface area contributed by atoms with Crippen molar-refractivity contribution in [3.05, 3.63) is 38.9 Å². The molecule has 0 radical (unpaired) electrons. The molecule has 0 aliphatic carbocycles. The Kier molecular flexibility index (Phi) is 7.06. The van der Waals surface area contributed by atoms with Gasteiger partial charge in [0.05, 0.1) is 16.9 Å². The molecule has 27 heavy (non-hydrogen) atoms. The predicted octanol–water partition coefficient (Wildman–Crippen LogP) is 3.95. The quantitative estimate of drug-likeness (QED) is 0.747. The first-order chi connectivity index (χ1) is 13.1. The lowest BCUT2D eigenvalue weighted by Crippen LogP contribution is -2.38. The van der Waals surface area contributed by atoms with Crippen molar-refractivity contribution in [1.29, 1.82) is 0 Å². The van der Waals surface area contributed by atoms with E-state index >= 15 is 0 Å². The highest BCUT2D eigenvalue weighted by atomic mass is 79.9. The normalized spacial score (nSPS) is 19.9. The second-order valence-corrected chi connectivity index (χ2v) is 8.37. The van der Waals surface area contributed by atoms with E-state index in [0.717, 1.165) is 54.8 Å². The number of hydrogen-bond donors (Lipinski definition) is 1. The highest BCUT2D eigenvalue weighted by Gasteiger charge is 2.28. The zero-order chi connectivity index (χ0) is 19.4. The number of benzene rings is 1. The van der Waals surface area contributed by atoms with Gasteiger partial charge in [-0.05, 0) is 44.0 Å². The SMILES string of the molecule is CCC[C@@H](c1nc2ccc(Br)cc2c(=O)n1CC)N1CCNC[C@@H](CC)C1.